The van der Waals surface area contributed by atoms with Crippen molar-refractivity contribution in [1.29, 1.82) is 0 Å². The minimum atomic E-state index is 0.780. The molecule has 1 rings (SSSR count). The highest BCUT2D eigenvalue weighted by molar-refractivity contribution is 9.10. The van der Waals surface area contributed by atoms with Crippen LogP contribution in [0.4, 0.5) is 0 Å². The molecule has 0 atom stereocenters. The van der Waals surface area contributed by atoms with Crippen LogP contribution >= 0.6 is 15.9 Å². The van der Waals surface area contributed by atoms with Crippen LogP contribution in [0.25, 0.3) is 0 Å². The van der Waals surface area contributed by atoms with Crippen molar-refractivity contribution >= 4 is 15.9 Å². The normalized spacial score (nSPS) is 9.64. The number of hydrogen-bond donors (Lipinski definition) is 0. The van der Waals surface area contributed by atoms with Gasteiger partial charge in [-0.1, -0.05) is 19.1 Å². The van der Waals surface area contributed by atoms with Gasteiger partial charge in [0.1, 0.15) is 5.75 Å². The van der Waals surface area contributed by atoms with E-state index in [1.54, 1.807) is 0 Å². The maximum absolute atomic E-state index is 5.44. The summed E-state index contributed by atoms with van der Waals surface area (Å²) in [6.07, 6.45) is 1.04. The number of hydrogen-bond acceptors (Lipinski definition) is 1. The van der Waals surface area contributed by atoms with Crippen LogP contribution in [-0.4, -0.2) is 6.61 Å². The molecular formula is C9H11BrO. The summed E-state index contributed by atoms with van der Waals surface area (Å²) in [4.78, 5) is 0. The van der Waals surface area contributed by atoms with E-state index in [0.29, 0.717) is 0 Å². The number of para-hydroxylation sites is 1. The fourth-order valence-electron chi connectivity index (χ4n) is 0.774. The van der Waals surface area contributed by atoms with E-state index in [4.69, 9.17) is 4.74 Å². The van der Waals surface area contributed by atoms with Crippen molar-refractivity contribution in [1.82, 2.24) is 0 Å². The highest BCUT2D eigenvalue weighted by atomic mass is 79.9. The van der Waals surface area contributed by atoms with E-state index in [1.165, 1.54) is 0 Å². The molecule has 1 aromatic carbocycles. The average Bonchev–Trinajstić information content (AvgIpc) is 2.03. The molecular weight excluding hydrogens is 204 g/mol. The summed E-state index contributed by atoms with van der Waals surface area (Å²) in [5.74, 6) is 0.925. The fourth-order valence-corrected chi connectivity index (χ4v) is 1.17. The van der Waals surface area contributed by atoms with E-state index >= 15 is 0 Å². The zero-order chi connectivity index (χ0) is 8.10. The van der Waals surface area contributed by atoms with Gasteiger partial charge in [0.25, 0.3) is 0 Å². The summed E-state index contributed by atoms with van der Waals surface area (Å²) < 4.78 is 6.46. The molecule has 2 heteroatoms. The second-order valence-corrected chi connectivity index (χ2v) is 3.13. The lowest BCUT2D eigenvalue weighted by Gasteiger charge is -2.05. The number of ether oxygens (including phenoxy) is 1. The van der Waals surface area contributed by atoms with Crippen molar-refractivity contribution in [2.75, 3.05) is 6.61 Å². The summed E-state index contributed by atoms with van der Waals surface area (Å²) in [5.41, 5.74) is 0. The molecule has 1 aromatic rings. The molecule has 11 heavy (non-hydrogen) atoms. The molecule has 0 aliphatic carbocycles. The van der Waals surface area contributed by atoms with E-state index in [0.717, 1.165) is 23.2 Å². The molecule has 0 N–H and O–H groups in total. The van der Waals surface area contributed by atoms with Crippen molar-refractivity contribution < 1.29 is 4.74 Å². The van der Waals surface area contributed by atoms with Crippen LogP contribution in [0, 0.1) is 0 Å². The molecule has 0 fully saturated rings. The van der Waals surface area contributed by atoms with Gasteiger partial charge < -0.3 is 4.74 Å². The van der Waals surface area contributed by atoms with Gasteiger partial charge in [0.2, 0.25) is 0 Å². The van der Waals surface area contributed by atoms with Crippen LogP contribution in [-0.2, 0) is 0 Å². The second kappa shape index (κ2) is 4.39. The molecule has 60 valence electrons. The third-order valence-corrected chi connectivity index (χ3v) is 1.95. The standard InChI is InChI=1S/C9H11BrO/c1-2-7-11-9-6-4-3-5-8(9)10/h3-6H,2,7H2,1H3. The first-order valence-corrected chi connectivity index (χ1v) is 4.51. The third kappa shape index (κ3) is 2.54. The SMILES string of the molecule is CCCOc1ccccc1Br. The molecule has 1 nitrogen and oxygen atoms in total. The Hall–Kier alpha value is -0.500. The summed E-state index contributed by atoms with van der Waals surface area (Å²) in [5, 5.41) is 0. The van der Waals surface area contributed by atoms with Gasteiger partial charge in [0, 0.05) is 0 Å². The predicted molar refractivity (Wildman–Crippen MR) is 49.9 cm³/mol. The molecule has 0 saturated heterocycles. The van der Waals surface area contributed by atoms with Gasteiger partial charge in [-0.25, -0.2) is 0 Å². The summed E-state index contributed by atoms with van der Waals surface area (Å²) >= 11 is 3.40. The van der Waals surface area contributed by atoms with Crippen molar-refractivity contribution in [2.24, 2.45) is 0 Å². The van der Waals surface area contributed by atoms with Gasteiger partial charge in [-0.05, 0) is 34.5 Å². The Balaban J connectivity index is 2.62. The lowest BCUT2D eigenvalue weighted by Crippen LogP contribution is -1.94. The van der Waals surface area contributed by atoms with Gasteiger partial charge in [0.05, 0.1) is 11.1 Å². The molecule has 0 amide bonds. The average molecular weight is 215 g/mol. The quantitative estimate of drug-likeness (QED) is 0.751. The molecule has 0 aromatic heterocycles. The zero-order valence-corrected chi connectivity index (χ0v) is 8.10. The second-order valence-electron chi connectivity index (χ2n) is 2.28. The minimum absolute atomic E-state index is 0.780. The lowest BCUT2D eigenvalue weighted by atomic mass is 10.3. The Kier molecular flexibility index (Phi) is 3.43. The van der Waals surface area contributed by atoms with E-state index < -0.39 is 0 Å². The van der Waals surface area contributed by atoms with Crippen molar-refractivity contribution in [3.05, 3.63) is 28.7 Å². The molecule has 0 unspecified atom stereocenters. The summed E-state index contributed by atoms with van der Waals surface area (Å²) in [6.45, 7) is 2.87. The van der Waals surface area contributed by atoms with Gasteiger partial charge in [-0.2, -0.15) is 0 Å². The van der Waals surface area contributed by atoms with Gasteiger partial charge >= 0.3 is 0 Å². The van der Waals surface area contributed by atoms with Crippen LogP contribution in [0.1, 0.15) is 13.3 Å². The first-order valence-electron chi connectivity index (χ1n) is 3.72. The molecule has 0 saturated carbocycles. The molecule has 0 radical (unpaired) electrons. The van der Waals surface area contributed by atoms with Crippen LogP contribution in [0.15, 0.2) is 28.7 Å². The van der Waals surface area contributed by atoms with E-state index in [2.05, 4.69) is 22.9 Å². The van der Waals surface area contributed by atoms with Crippen molar-refractivity contribution in [3.8, 4) is 5.75 Å². The topological polar surface area (TPSA) is 9.23 Å². The van der Waals surface area contributed by atoms with Crippen LogP contribution in [0.2, 0.25) is 0 Å². The Morgan fingerprint density at radius 3 is 2.73 bits per heavy atom. The van der Waals surface area contributed by atoms with Crippen molar-refractivity contribution in [2.45, 2.75) is 13.3 Å². The highest BCUT2D eigenvalue weighted by Crippen LogP contribution is 2.23. The van der Waals surface area contributed by atoms with Crippen LogP contribution < -0.4 is 4.74 Å². The fraction of sp³-hybridized carbons (Fsp3) is 0.333. The molecule has 0 aliphatic heterocycles. The Morgan fingerprint density at radius 2 is 2.09 bits per heavy atom. The maximum Gasteiger partial charge on any atom is 0.133 e. The monoisotopic (exact) mass is 214 g/mol. The van der Waals surface area contributed by atoms with Crippen LogP contribution in [0.5, 0.6) is 5.75 Å². The minimum Gasteiger partial charge on any atom is -0.492 e. The van der Waals surface area contributed by atoms with Crippen molar-refractivity contribution in [3.63, 3.8) is 0 Å². The number of halogens is 1. The Bertz CT molecular complexity index is 223. The van der Waals surface area contributed by atoms with Gasteiger partial charge in [-0.15, -0.1) is 0 Å². The van der Waals surface area contributed by atoms with Crippen LogP contribution in [0.3, 0.4) is 0 Å². The Morgan fingerprint density at radius 1 is 1.36 bits per heavy atom. The smallest absolute Gasteiger partial charge is 0.133 e. The number of rotatable bonds is 3. The molecule has 0 heterocycles. The van der Waals surface area contributed by atoms with E-state index in [9.17, 15) is 0 Å². The zero-order valence-electron chi connectivity index (χ0n) is 6.51. The summed E-state index contributed by atoms with van der Waals surface area (Å²) in [6, 6.07) is 7.88. The highest BCUT2D eigenvalue weighted by Gasteiger charge is 1.96. The van der Waals surface area contributed by atoms with Gasteiger partial charge in [0.15, 0.2) is 0 Å². The van der Waals surface area contributed by atoms with Gasteiger partial charge in [-0.3, -0.25) is 0 Å². The first-order chi connectivity index (χ1) is 5.34. The Labute approximate surface area is 75.5 Å². The largest absolute Gasteiger partial charge is 0.492 e. The molecule has 0 bridgehead atoms. The third-order valence-electron chi connectivity index (χ3n) is 1.30. The first kappa shape index (κ1) is 8.60. The number of benzene rings is 1. The lowest BCUT2D eigenvalue weighted by molar-refractivity contribution is 0.315. The van der Waals surface area contributed by atoms with E-state index in [1.807, 2.05) is 24.3 Å². The summed E-state index contributed by atoms with van der Waals surface area (Å²) in [7, 11) is 0. The maximum atomic E-state index is 5.44. The van der Waals surface area contributed by atoms with E-state index in [-0.39, 0.29) is 0 Å². The molecule has 0 aliphatic rings. The predicted octanol–water partition coefficient (Wildman–Crippen LogP) is 3.24. The molecule has 0 spiro atoms.